The lowest BCUT2D eigenvalue weighted by Gasteiger charge is -2.29. The quantitative estimate of drug-likeness (QED) is 0.713. The second kappa shape index (κ2) is 6.74. The fourth-order valence-corrected chi connectivity index (χ4v) is 4.21. The number of hydrogen-bond donors (Lipinski definition) is 2. The molecule has 4 rings (SSSR count). The van der Waals surface area contributed by atoms with E-state index in [1.165, 1.54) is 9.80 Å². The Morgan fingerprint density at radius 2 is 1.93 bits per heavy atom. The summed E-state index contributed by atoms with van der Waals surface area (Å²) in [6.45, 7) is 0.429. The van der Waals surface area contributed by atoms with Gasteiger partial charge in [0.15, 0.2) is 0 Å². The van der Waals surface area contributed by atoms with Crippen LogP contribution in [0, 0.1) is 0 Å². The number of likely N-dealkylation sites (tertiary alicyclic amines) is 1. The van der Waals surface area contributed by atoms with E-state index in [4.69, 9.17) is 0 Å². The summed E-state index contributed by atoms with van der Waals surface area (Å²) in [6.07, 6.45) is 1.40. The molecule has 2 saturated heterocycles. The van der Waals surface area contributed by atoms with Gasteiger partial charge in [0.05, 0.1) is 0 Å². The summed E-state index contributed by atoms with van der Waals surface area (Å²) in [4.78, 5) is 63.5. The minimum Gasteiger partial charge on any atom is -0.480 e. The molecule has 1 aromatic rings. The highest BCUT2D eigenvalue weighted by Crippen LogP contribution is 2.31. The number of carboxylic acid groups (broad SMARTS) is 1. The van der Waals surface area contributed by atoms with Crippen LogP contribution in [-0.4, -0.2) is 63.1 Å². The van der Waals surface area contributed by atoms with Crippen LogP contribution in [0.3, 0.4) is 0 Å². The zero-order chi connectivity index (χ0) is 20.0. The number of carboxylic acids is 1. The van der Waals surface area contributed by atoms with Gasteiger partial charge >= 0.3 is 5.97 Å². The third kappa shape index (κ3) is 2.83. The van der Waals surface area contributed by atoms with Crippen molar-refractivity contribution in [2.75, 3.05) is 6.54 Å². The molecule has 0 aromatic heterocycles. The van der Waals surface area contributed by atoms with E-state index >= 15 is 0 Å². The summed E-state index contributed by atoms with van der Waals surface area (Å²) in [6, 6.07) is 3.13. The molecular formula is C19H19N3O6. The Balaban J connectivity index is 1.63. The lowest BCUT2D eigenvalue weighted by atomic mass is 10.0. The molecule has 9 heteroatoms. The third-order valence-electron chi connectivity index (χ3n) is 5.61. The minimum absolute atomic E-state index is 0.0773. The van der Waals surface area contributed by atoms with Crippen LogP contribution in [0.15, 0.2) is 18.2 Å². The van der Waals surface area contributed by atoms with Crippen molar-refractivity contribution in [3.8, 4) is 0 Å². The molecule has 4 amide bonds. The van der Waals surface area contributed by atoms with E-state index in [1.54, 1.807) is 18.2 Å². The lowest BCUT2D eigenvalue weighted by Crippen LogP contribution is -2.52. The van der Waals surface area contributed by atoms with Gasteiger partial charge in [0.25, 0.3) is 11.8 Å². The van der Waals surface area contributed by atoms with Crippen molar-refractivity contribution < 1.29 is 29.1 Å². The van der Waals surface area contributed by atoms with Crippen LogP contribution >= 0.6 is 0 Å². The topological polar surface area (TPSA) is 124 Å². The number of amides is 4. The second-order valence-corrected chi connectivity index (χ2v) is 7.23. The molecule has 2 N–H and O–H groups in total. The van der Waals surface area contributed by atoms with Crippen LogP contribution in [0.5, 0.6) is 0 Å². The summed E-state index contributed by atoms with van der Waals surface area (Å²) in [5, 5.41) is 11.6. The van der Waals surface area contributed by atoms with Crippen LogP contribution < -0.4 is 5.32 Å². The largest absolute Gasteiger partial charge is 0.480 e. The first-order valence-corrected chi connectivity index (χ1v) is 9.19. The van der Waals surface area contributed by atoms with Gasteiger partial charge in [-0.3, -0.25) is 24.5 Å². The fourth-order valence-electron chi connectivity index (χ4n) is 4.21. The van der Waals surface area contributed by atoms with Gasteiger partial charge in [-0.25, -0.2) is 4.79 Å². The molecule has 0 saturated carbocycles. The molecule has 0 bridgehead atoms. The molecule has 146 valence electrons. The van der Waals surface area contributed by atoms with E-state index in [-0.39, 0.29) is 36.8 Å². The highest BCUT2D eigenvalue weighted by atomic mass is 16.4. The zero-order valence-corrected chi connectivity index (χ0v) is 15.0. The van der Waals surface area contributed by atoms with Crippen LogP contribution in [0.25, 0.3) is 0 Å². The number of carbonyl (C=O) groups excluding carboxylic acids is 4. The maximum absolute atomic E-state index is 13.0. The number of aliphatic carboxylic acids is 1. The van der Waals surface area contributed by atoms with Crippen molar-refractivity contribution in [2.45, 2.75) is 44.3 Å². The van der Waals surface area contributed by atoms with Crippen molar-refractivity contribution >= 4 is 29.6 Å². The fraction of sp³-hybridized carbons (Fsp3) is 0.421. The van der Waals surface area contributed by atoms with E-state index in [2.05, 4.69) is 5.32 Å². The van der Waals surface area contributed by atoms with E-state index in [9.17, 15) is 29.1 Å². The molecule has 3 heterocycles. The van der Waals surface area contributed by atoms with Gasteiger partial charge in [-0.05, 0) is 37.0 Å². The standard InChI is InChI=1S/C19H19N3O6/c23-15-7-6-13(16(24)20-15)22-9-12-10(3-1-4-11(12)18(22)26)17(25)21-8-2-5-14(21)19(27)28/h1,3-4,13-14H,2,5-9H2,(H,27,28)(H,20,23,24)/t13?,14-/m0/s1. The monoisotopic (exact) mass is 385 g/mol. The highest BCUT2D eigenvalue weighted by molar-refractivity contribution is 6.08. The van der Waals surface area contributed by atoms with E-state index < -0.39 is 29.9 Å². The number of hydrogen-bond acceptors (Lipinski definition) is 5. The Hall–Kier alpha value is -3.23. The Bertz CT molecular complexity index is 911. The number of nitrogens with one attached hydrogen (secondary N) is 1. The molecule has 0 aliphatic carbocycles. The van der Waals surface area contributed by atoms with Gasteiger partial charge in [0.2, 0.25) is 11.8 Å². The Morgan fingerprint density at radius 3 is 2.64 bits per heavy atom. The number of imide groups is 1. The normalized spacial score (nSPS) is 24.4. The Kier molecular flexibility index (Phi) is 4.37. The minimum atomic E-state index is -1.04. The van der Waals surface area contributed by atoms with Crippen molar-refractivity contribution in [1.82, 2.24) is 15.1 Å². The summed E-state index contributed by atoms with van der Waals surface area (Å²) in [7, 11) is 0. The average molecular weight is 385 g/mol. The molecule has 3 aliphatic rings. The van der Waals surface area contributed by atoms with Crippen molar-refractivity contribution in [2.24, 2.45) is 0 Å². The van der Waals surface area contributed by atoms with Gasteiger partial charge in [-0.2, -0.15) is 0 Å². The molecular weight excluding hydrogens is 366 g/mol. The molecule has 9 nitrogen and oxygen atoms in total. The number of rotatable bonds is 3. The van der Waals surface area contributed by atoms with Crippen molar-refractivity contribution in [3.05, 3.63) is 34.9 Å². The van der Waals surface area contributed by atoms with Gasteiger partial charge in [-0.1, -0.05) is 6.07 Å². The molecule has 1 unspecified atom stereocenters. The van der Waals surface area contributed by atoms with Crippen molar-refractivity contribution in [1.29, 1.82) is 0 Å². The van der Waals surface area contributed by atoms with Crippen LogP contribution in [0.1, 0.15) is 52.0 Å². The lowest BCUT2D eigenvalue weighted by molar-refractivity contribution is -0.141. The first-order chi connectivity index (χ1) is 13.4. The molecule has 1 aromatic carbocycles. The molecule has 0 radical (unpaired) electrons. The Morgan fingerprint density at radius 1 is 1.14 bits per heavy atom. The molecule has 28 heavy (non-hydrogen) atoms. The predicted octanol–water partition coefficient (Wildman–Crippen LogP) is 0.137. The van der Waals surface area contributed by atoms with Gasteiger partial charge in [0.1, 0.15) is 12.1 Å². The third-order valence-corrected chi connectivity index (χ3v) is 5.61. The van der Waals surface area contributed by atoms with Crippen molar-refractivity contribution in [3.63, 3.8) is 0 Å². The zero-order valence-electron chi connectivity index (χ0n) is 15.0. The van der Waals surface area contributed by atoms with Gasteiger partial charge < -0.3 is 14.9 Å². The highest BCUT2D eigenvalue weighted by Gasteiger charge is 2.42. The maximum Gasteiger partial charge on any atom is 0.326 e. The number of carbonyl (C=O) groups is 5. The number of benzene rings is 1. The average Bonchev–Trinajstić information content (AvgIpc) is 3.27. The number of nitrogens with zero attached hydrogens (tertiary/aromatic N) is 2. The first-order valence-electron chi connectivity index (χ1n) is 9.19. The van der Waals surface area contributed by atoms with Gasteiger partial charge in [0, 0.05) is 30.6 Å². The molecule has 3 aliphatic heterocycles. The second-order valence-electron chi connectivity index (χ2n) is 7.23. The van der Waals surface area contributed by atoms with E-state index in [1.807, 2.05) is 0 Å². The summed E-state index contributed by atoms with van der Waals surface area (Å²) in [5.41, 5.74) is 1.12. The molecule has 2 atom stereocenters. The van der Waals surface area contributed by atoms with E-state index in [0.717, 1.165) is 0 Å². The molecule has 0 spiro atoms. The van der Waals surface area contributed by atoms with E-state index in [0.29, 0.717) is 30.5 Å². The smallest absolute Gasteiger partial charge is 0.326 e. The van der Waals surface area contributed by atoms with Crippen LogP contribution in [0.4, 0.5) is 0 Å². The SMILES string of the molecule is O=C1CCC(N2Cc3c(cccc3C(=O)N3CCC[C@H]3C(=O)O)C2=O)C(=O)N1. The Labute approximate surface area is 160 Å². The summed E-state index contributed by atoms with van der Waals surface area (Å²) in [5.74, 6) is -2.71. The van der Waals surface area contributed by atoms with Crippen LogP contribution in [-0.2, 0) is 20.9 Å². The summed E-state index contributed by atoms with van der Waals surface area (Å²) >= 11 is 0. The maximum atomic E-state index is 13.0. The number of piperidine rings is 1. The summed E-state index contributed by atoms with van der Waals surface area (Å²) < 4.78 is 0. The van der Waals surface area contributed by atoms with Crippen LogP contribution in [0.2, 0.25) is 0 Å². The van der Waals surface area contributed by atoms with Gasteiger partial charge in [-0.15, -0.1) is 0 Å². The molecule has 2 fully saturated rings. The predicted molar refractivity (Wildman–Crippen MR) is 94.2 cm³/mol. The first kappa shape index (κ1) is 18.1. The number of fused-ring (bicyclic) bond motifs is 1.